The van der Waals surface area contributed by atoms with E-state index in [9.17, 15) is 4.39 Å². The van der Waals surface area contributed by atoms with Crippen molar-refractivity contribution < 1.29 is 4.39 Å². The molecule has 3 N–H and O–H groups in total. The fraction of sp³-hybridized carbons (Fsp3) is 0.200. The van der Waals surface area contributed by atoms with Crippen molar-refractivity contribution in [3.8, 4) is 0 Å². The summed E-state index contributed by atoms with van der Waals surface area (Å²) in [7, 11) is 0. The fourth-order valence-electron chi connectivity index (χ4n) is 2.18. The van der Waals surface area contributed by atoms with E-state index in [-0.39, 0.29) is 11.9 Å². The Morgan fingerprint density at radius 3 is 2.75 bits per heavy atom. The average molecular weight is 358 g/mol. The van der Waals surface area contributed by atoms with Crippen molar-refractivity contribution in [2.75, 3.05) is 0 Å². The second kappa shape index (κ2) is 6.68. The van der Waals surface area contributed by atoms with E-state index >= 15 is 0 Å². The molecule has 0 saturated heterocycles. The lowest BCUT2D eigenvalue weighted by atomic mass is 9.95. The minimum absolute atomic E-state index is 0.207. The first kappa shape index (κ1) is 15.4. The summed E-state index contributed by atoms with van der Waals surface area (Å²) in [5, 5.41) is 0.415. The van der Waals surface area contributed by atoms with Crippen LogP contribution in [0.4, 0.5) is 4.39 Å². The Hall–Kier alpha value is -0.940. The van der Waals surface area contributed by atoms with Gasteiger partial charge in [0.15, 0.2) is 0 Å². The molecular formula is C15H15BrClFN2. The quantitative estimate of drug-likeness (QED) is 0.632. The van der Waals surface area contributed by atoms with Gasteiger partial charge in [0.2, 0.25) is 0 Å². The van der Waals surface area contributed by atoms with Crippen LogP contribution in [0.25, 0.3) is 0 Å². The molecule has 0 aliphatic heterocycles. The van der Waals surface area contributed by atoms with Crippen molar-refractivity contribution in [2.24, 2.45) is 5.84 Å². The van der Waals surface area contributed by atoms with Crippen LogP contribution in [0.1, 0.15) is 22.7 Å². The van der Waals surface area contributed by atoms with Crippen LogP contribution in [-0.2, 0) is 6.42 Å². The Labute approximate surface area is 131 Å². The van der Waals surface area contributed by atoms with E-state index in [2.05, 4.69) is 21.4 Å². The van der Waals surface area contributed by atoms with Gasteiger partial charge in [-0.25, -0.2) is 4.39 Å². The molecule has 0 fully saturated rings. The molecule has 0 saturated carbocycles. The van der Waals surface area contributed by atoms with Crippen LogP contribution in [0, 0.1) is 12.7 Å². The summed E-state index contributed by atoms with van der Waals surface area (Å²) in [6.07, 6.45) is 0.388. The standard InChI is InChI=1S/C15H15BrClFN2/c1-9-5-6-10(16)7-11(9)15(20-19)8-12-13(17)3-2-4-14(12)18/h2-7,15,20H,8,19H2,1H3. The highest BCUT2D eigenvalue weighted by atomic mass is 79.9. The van der Waals surface area contributed by atoms with E-state index < -0.39 is 0 Å². The van der Waals surface area contributed by atoms with Gasteiger partial charge in [-0.2, -0.15) is 0 Å². The molecule has 2 aromatic carbocycles. The highest BCUT2D eigenvalue weighted by molar-refractivity contribution is 9.10. The fourth-order valence-corrected chi connectivity index (χ4v) is 2.80. The van der Waals surface area contributed by atoms with E-state index in [4.69, 9.17) is 17.4 Å². The minimum Gasteiger partial charge on any atom is -0.271 e. The smallest absolute Gasteiger partial charge is 0.127 e. The molecule has 0 heterocycles. The lowest BCUT2D eigenvalue weighted by Crippen LogP contribution is -2.30. The molecule has 0 bridgehead atoms. The van der Waals surface area contributed by atoms with Crippen molar-refractivity contribution in [3.63, 3.8) is 0 Å². The first-order chi connectivity index (χ1) is 9.52. The van der Waals surface area contributed by atoms with Gasteiger partial charge in [-0.05, 0) is 48.7 Å². The molecule has 1 unspecified atom stereocenters. The van der Waals surface area contributed by atoms with Gasteiger partial charge in [-0.15, -0.1) is 0 Å². The number of nitrogens with one attached hydrogen (secondary N) is 1. The third kappa shape index (κ3) is 3.38. The maximum Gasteiger partial charge on any atom is 0.127 e. The second-order valence-corrected chi connectivity index (χ2v) is 5.95. The zero-order chi connectivity index (χ0) is 14.7. The number of rotatable bonds is 4. The summed E-state index contributed by atoms with van der Waals surface area (Å²) >= 11 is 9.51. The first-order valence-electron chi connectivity index (χ1n) is 6.18. The largest absolute Gasteiger partial charge is 0.271 e. The third-order valence-corrected chi connectivity index (χ3v) is 4.14. The number of benzene rings is 2. The van der Waals surface area contributed by atoms with Crippen LogP contribution >= 0.6 is 27.5 Å². The predicted molar refractivity (Wildman–Crippen MR) is 84.1 cm³/mol. The molecule has 0 spiro atoms. The van der Waals surface area contributed by atoms with E-state index in [1.807, 2.05) is 25.1 Å². The maximum absolute atomic E-state index is 13.9. The number of nitrogens with two attached hydrogens (primary N) is 1. The lowest BCUT2D eigenvalue weighted by molar-refractivity contribution is 0.527. The molecule has 2 nitrogen and oxygen atoms in total. The van der Waals surface area contributed by atoms with Gasteiger partial charge in [0.05, 0.1) is 6.04 Å². The SMILES string of the molecule is Cc1ccc(Br)cc1C(Cc1c(F)cccc1Cl)NN. The molecule has 106 valence electrons. The third-order valence-electron chi connectivity index (χ3n) is 3.29. The summed E-state index contributed by atoms with van der Waals surface area (Å²) in [4.78, 5) is 0. The van der Waals surface area contributed by atoms with Crippen LogP contribution in [0.15, 0.2) is 40.9 Å². The van der Waals surface area contributed by atoms with Crippen molar-refractivity contribution >= 4 is 27.5 Å². The molecule has 2 aromatic rings. The van der Waals surface area contributed by atoms with Crippen molar-refractivity contribution in [3.05, 3.63) is 68.4 Å². The normalized spacial score (nSPS) is 12.4. The summed E-state index contributed by atoms with van der Waals surface area (Å²) in [5.74, 6) is 5.33. The number of hydrogen-bond donors (Lipinski definition) is 2. The predicted octanol–water partition coefficient (Wildman–Crippen LogP) is 4.30. The Morgan fingerprint density at radius 2 is 2.10 bits per heavy atom. The second-order valence-electron chi connectivity index (χ2n) is 4.62. The van der Waals surface area contributed by atoms with Gasteiger partial charge < -0.3 is 0 Å². The van der Waals surface area contributed by atoms with Gasteiger partial charge in [0.1, 0.15) is 5.82 Å². The van der Waals surface area contributed by atoms with Crippen molar-refractivity contribution in [2.45, 2.75) is 19.4 Å². The van der Waals surface area contributed by atoms with Crippen LogP contribution in [0.5, 0.6) is 0 Å². The van der Waals surface area contributed by atoms with E-state index in [0.29, 0.717) is 17.0 Å². The molecule has 20 heavy (non-hydrogen) atoms. The Kier molecular flexibility index (Phi) is 5.16. The number of hydrogen-bond acceptors (Lipinski definition) is 2. The van der Waals surface area contributed by atoms with Gasteiger partial charge in [0.25, 0.3) is 0 Å². The van der Waals surface area contributed by atoms with E-state index in [1.54, 1.807) is 12.1 Å². The van der Waals surface area contributed by atoms with Crippen LogP contribution in [-0.4, -0.2) is 0 Å². The number of aryl methyl sites for hydroxylation is 1. The topological polar surface area (TPSA) is 38.0 Å². The minimum atomic E-state index is -0.314. The Morgan fingerprint density at radius 1 is 1.35 bits per heavy atom. The van der Waals surface area contributed by atoms with Gasteiger partial charge in [0, 0.05) is 15.1 Å². The first-order valence-corrected chi connectivity index (χ1v) is 7.35. The monoisotopic (exact) mass is 356 g/mol. The molecule has 0 aliphatic carbocycles. The molecule has 0 amide bonds. The van der Waals surface area contributed by atoms with Crippen LogP contribution < -0.4 is 11.3 Å². The number of hydrazine groups is 1. The highest BCUT2D eigenvalue weighted by Crippen LogP contribution is 2.28. The molecule has 0 aliphatic rings. The lowest BCUT2D eigenvalue weighted by Gasteiger charge is -2.20. The van der Waals surface area contributed by atoms with Gasteiger partial charge >= 0.3 is 0 Å². The molecule has 2 rings (SSSR count). The van der Waals surface area contributed by atoms with Gasteiger partial charge in [-0.1, -0.05) is 39.7 Å². The van der Waals surface area contributed by atoms with Crippen LogP contribution in [0.3, 0.4) is 0 Å². The van der Waals surface area contributed by atoms with Gasteiger partial charge in [-0.3, -0.25) is 11.3 Å². The van der Waals surface area contributed by atoms with Crippen molar-refractivity contribution in [1.29, 1.82) is 0 Å². The van der Waals surface area contributed by atoms with E-state index in [1.165, 1.54) is 6.07 Å². The van der Waals surface area contributed by atoms with Crippen LogP contribution in [0.2, 0.25) is 5.02 Å². The molecular weight excluding hydrogens is 343 g/mol. The molecule has 5 heteroatoms. The Bertz CT molecular complexity index is 599. The summed E-state index contributed by atoms with van der Waals surface area (Å²) in [6.45, 7) is 2.00. The zero-order valence-electron chi connectivity index (χ0n) is 11.0. The average Bonchev–Trinajstić information content (AvgIpc) is 2.42. The summed E-state index contributed by atoms with van der Waals surface area (Å²) < 4.78 is 14.8. The van der Waals surface area contributed by atoms with E-state index in [0.717, 1.165) is 15.6 Å². The number of halogens is 3. The molecule has 0 aromatic heterocycles. The Balaban J connectivity index is 2.36. The maximum atomic E-state index is 13.9. The zero-order valence-corrected chi connectivity index (χ0v) is 13.3. The summed E-state index contributed by atoms with van der Waals surface area (Å²) in [5.41, 5.74) is 5.31. The highest BCUT2D eigenvalue weighted by Gasteiger charge is 2.17. The molecule has 1 atom stereocenters. The summed E-state index contributed by atoms with van der Waals surface area (Å²) in [6, 6.07) is 10.4. The molecule has 0 radical (unpaired) electrons. The van der Waals surface area contributed by atoms with Crippen molar-refractivity contribution in [1.82, 2.24) is 5.43 Å².